The summed E-state index contributed by atoms with van der Waals surface area (Å²) in [6.45, 7) is 7.89. The molecule has 0 aliphatic carbocycles. The van der Waals surface area contributed by atoms with Crippen LogP contribution in [0, 0.1) is 6.92 Å². The molecule has 1 aliphatic rings. The Morgan fingerprint density at radius 1 is 1.25 bits per heavy atom. The zero-order chi connectivity index (χ0) is 17.1. The van der Waals surface area contributed by atoms with Crippen molar-refractivity contribution in [2.75, 3.05) is 25.0 Å². The number of amides is 1. The fourth-order valence-electron chi connectivity index (χ4n) is 2.99. The number of hydrogen-bond acceptors (Lipinski definition) is 5. The van der Waals surface area contributed by atoms with Gasteiger partial charge in [-0.3, -0.25) is 15.0 Å². The van der Waals surface area contributed by atoms with E-state index in [9.17, 15) is 4.79 Å². The molecule has 6 heteroatoms. The maximum Gasteiger partial charge on any atom is 0.240 e. The average Bonchev–Trinajstić information content (AvgIpc) is 2.95. The molecule has 1 amide bonds. The number of aryl methyl sites for hydroxylation is 1. The summed E-state index contributed by atoms with van der Waals surface area (Å²) in [4.78, 5) is 14.3. The Bertz CT molecular complexity index is 686. The Morgan fingerprint density at radius 2 is 1.92 bits per heavy atom. The number of carbonyl (C=O) groups is 1. The van der Waals surface area contributed by atoms with Gasteiger partial charge in [0.05, 0.1) is 18.8 Å². The minimum absolute atomic E-state index is 0.108. The highest BCUT2D eigenvalue weighted by Crippen LogP contribution is 2.22. The van der Waals surface area contributed by atoms with Crippen LogP contribution >= 0.6 is 0 Å². The third-order valence-electron chi connectivity index (χ3n) is 3.98. The molecule has 0 bridgehead atoms. The van der Waals surface area contributed by atoms with Crippen molar-refractivity contribution in [1.82, 2.24) is 10.1 Å². The molecule has 2 aromatic rings. The zero-order valence-corrected chi connectivity index (χ0v) is 14.3. The number of benzene rings is 1. The van der Waals surface area contributed by atoms with E-state index in [2.05, 4.69) is 15.4 Å². The molecule has 2 unspecified atom stereocenters. The molecule has 2 atom stereocenters. The highest BCUT2D eigenvalue weighted by Gasteiger charge is 2.24. The van der Waals surface area contributed by atoms with E-state index in [0.717, 1.165) is 18.7 Å². The number of nitrogens with zero attached hydrogens (tertiary/aromatic N) is 2. The lowest BCUT2D eigenvalue weighted by Crippen LogP contribution is -2.48. The van der Waals surface area contributed by atoms with Gasteiger partial charge in [0.25, 0.3) is 0 Å². The van der Waals surface area contributed by atoms with Crippen LogP contribution in [0.15, 0.2) is 34.9 Å². The maximum atomic E-state index is 12.2. The Labute approximate surface area is 141 Å². The summed E-state index contributed by atoms with van der Waals surface area (Å²) in [5, 5.41) is 6.79. The van der Waals surface area contributed by atoms with E-state index in [4.69, 9.17) is 9.26 Å². The molecule has 0 radical (unpaired) electrons. The van der Waals surface area contributed by atoms with Gasteiger partial charge in [-0.1, -0.05) is 35.0 Å². The topological polar surface area (TPSA) is 67.6 Å². The highest BCUT2D eigenvalue weighted by molar-refractivity contribution is 5.91. The van der Waals surface area contributed by atoms with Gasteiger partial charge >= 0.3 is 0 Å². The van der Waals surface area contributed by atoms with E-state index in [1.54, 1.807) is 6.07 Å². The Balaban J connectivity index is 1.58. The fourth-order valence-corrected chi connectivity index (χ4v) is 2.99. The largest absolute Gasteiger partial charge is 0.373 e. The number of rotatable bonds is 4. The molecule has 0 saturated carbocycles. The monoisotopic (exact) mass is 329 g/mol. The molecule has 1 saturated heterocycles. The third kappa shape index (κ3) is 4.21. The predicted octanol–water partition coefficient (Wildman–Crippen LogP) is 2.70. The van der Waals surface area contributed by atoms with Crippen LogP contribution < -0.4 is 5.32 Å². The number of ether oxygens (including phenoxy) is 1. The minimum Gasteiger partial charge on any atom is -0.373 e. The lowest BCUT2D eigenvalue weighted by atomic mass is 10.1. The molecule has 3 rings (SSSR count). The van der Waals surface area contributed by atoms with Gasteiger partial charge in [-0.2, -0.15) is 0 Å². The quantitative estimate of drug-likeness (QED) is 0.934. The van der Waals surface area contributed by atoms with Crippen LogP contribution in [-0.4, -0.2) is 47.8 Å². The van der Waals surface area contributed by atoms with Crippen LogP contribution in [0.5, 0.6) is 0 Å². The van der Waals surface area contributed by atoms with Gasteiger partial charge in [0.15, 0.2) is 0 Å². The van der Waals surface area contributed by atoms with Crippen LogP contribution in [-0.2, 0) is 9.53 Å². The smallest absolute Gasteiger partial charge is 0.240 e. The standard InChI is InChI=1S/C18H23N3O3/c1-12-4-6-15(7-5-12)16-8-18(24-20-16)19-17(22)11-21-9-13(2)23-14(3)10-21/h4-8,13-14H,9-11H2,1-3H3,(H,19,22). The normalized spacial score (nSPS) is 21.6. The van der Waals surface area contributed by atoms with Gasteiger partial charge in [-0.25, -0.2) is 0 Å². The molecule has 128 valence electrons. The van der Waals surface area contributed by atoms with Crippen molar-refractivity contribution in [2.45, 2.75) is 33.0 Å². The second-order valence-corrected chi connectivity index (χ2v) is 6.44. The molecule has 0 spiro atoms. The van der Waals surface area contributed by atoms with Crippen molar-refractivity contribution in [1.29, 1.82) is 0 Å². The summed E-state index contributed by atoms with van der Waals surface area (Å²) < 4.78 is 10.9. The predicted molar refractivity (Wildman–Crippen MR) is 91.8 cm³/mol. The fraction of sp³-hybridized carbons (Fsp3) is 0.444. The van der Waals surface area contributed by atoms with Gasteiger partial charge in [-0.05, 0) is 20.8 Å². The van der Waals surface area contributed by atoms with Gasteiger partial charge < -0.3 is 9.26 Å². The molecule has 1 fully saturated rings. The lowest BCUT2D eigenvalue weighted by Gasteiger charge is -2.34. The third-order valence-corrected chi connectivity index (χ3v) is 3.98. The number of carbonyl (C=O) groups excluding carboxylic acids is 1. The number of hydrogen-bond donors (Lipinski definition) is 1. The molecule has 1 aromatic heterocycles. The summed E-state index contributed by atoms with van der Waals surface area (Å²) in [5.41, 5.74) is 2.85. The summed E-state index contributed by atoms with van der Waals surface area (Å²) in [5.74, 6) is 0.257. The van der Waals surface area contributed by atoms with E-state index in [1.807, 2.05) is 45.0 Å². The average molecular weight is 329 g/mol. The van der Waals surface area contributed by atoms with Crippen molar-refractivity contribution < 1.29 is 14.1 Å². The molecule has 1 N–H and O–H groups in total. The second-order valence-electron chi connectivity index (χ2n) is 6.44. The second kappa shape index (κ2) is 7.15. The maximum absolute atomic E-state index is 12.2. The van der Waals surface area contributed by atoms with E-state index in [1.165, 1.54) is 5.56 Å². The van der Waals surface area contributed by atoms with Crippen molar-refractivity contribution in [3.63, 3.8) is 0 Å². The molecule has 24 heavy (non-hydrogen) atoms. The van der Waals surface area contributed by atoms with Crippen molar-refractivity contribution in [3.8, 4) is 11.3 Å². The summed E-state index contributed by atoms with van der Waals surface area (Å²) in [6, 6.07) is 9.74. The van der Waals surface area contributed by atoms with Crippen LogP contribution in [0.4, 0.5) is 5.88 Å². The Hall–Kier alpha value is -2.18. The molecule has 1 aromatic carbocycles. The lowest BCUT2D eigenvalue weighted by molar-refractivity contribution is -0.121. The van der Waals surface area contributed by atoms with Crippen molar-refractivity contribution in [3.05, 3.63) is 35.9 Å². The molecule has 2 heterocycles. The first-order chi connectivity index (χ1) is 11.5. The van der Waals surface area contributed by atoms with E-state index in [0.29, 0.717) is 18.1 Å². The van der Waals surface area contributed by atoms with Gasteiger partial charge in [0, 0.05) is 24.7 Å². The van der Waals surface area contributed by atoms with Crippen LogP contribution in [0.3, 0.4) is 0 Å². The Morgan fingerprint density at radius 3 is 2.58 bits per heavy atom. The number of nitrogens with one attached hydrogen (secondary N) is 1. The number of aromatic nitrogens is 1. The molecule has 6 nitrogen and oxygen atoms in total. The first-order valence-electron chi connectivity index (χ1n) is 8.21. The SMILES string of the molecule is Cc1ccc(-c2cc(NC(=O)CN3CC(C)OC(C)C3)on2)cc1. The Kier molecular flexibility index (Phi) is 4.97. The zero-order valence-electron chi connectivity index (χ0n) is 14.3. The molecular formula is C18H23N3O3. The van der Waals surface area contributed by atoms with E-state index in [-0.39, 0.29) is 18.1 Å². The van der Waals surface area contributed by atoms with Crippen molar-refractivity contribution in [2.24, 2.45) is 0 Å². The van der Waals surface area contributed by atoms with E-state index < -0.39 is 0 Å². The molecule has 1 aliphatic heterocycles. The van der Waals surface area contributed by atoms with Gasteiger partial charge in [-0.15, -0.1) is 0 Å². The minimum atomic E-state index is -0.108. The summed E-state index contributed by atoms with van der Waals surface area (Å²) >= 11 is 0. The number of anilines is 1. The summed E-state index contributed by atoms with van der Waals surface area (Å²) in [7, 11) is 0. The van der Waals surface area contributed by atoms with Crippen molar-refractivity contribution >= 4 is 11.8 Å². The first-order valence-corrected chi connectivity index (χ1v) is 8.21. The van der Waals surface area contributed by atoms with Gasteiger partial charge in [0.2, 0.25) is 11.8 Å². The van der Waals surface area contributed by atoms with Gasteiger partial charge in [0.1, 0.15) is 5.69 Å². The molecular weight excluding hydrogens is 306 g/mol. The summed E-state index contributed by atoms with van der Waals surface area (Å²) in [6.07, 6.45) is 0.278. The van der Waals surface area contributed by atoms with Crippen LogP contribution in [0.25, 0.3) is 11.3 Å². The number of morpholine rings is 1. The van der Waals surface area contributed by atoms with E-state index >= 15 is 0 Å². The first kappa shape index (κ1) is 16.7. The van der Waals surface area contributed by atoms with Crippen LogP contribution in [0.2, 0.25) is 0 Å². The van der Waals surface area contributed by atoms with Crippen LogP contribution in [0.1, 0.15) is 19.4 Å². The highest BCUT2D eigenvalue weighted by atomic mass is 16.5.